The van der Waals surface area contributed by atoms with Gasteiger partial charge in [-0.3, -0.25) is 10.7 Å². The number of alkyl halides is 6. The Bertz CT molecular complexity index is 1140. The summed E-state index contributed by atoms with van der Waals surface area (Å²) in [4.78, 5) is 15.6. The average Bonchev–Trinajstić information content (AvgIpc) is 3.17. The normalized spacial score (nSPS) is 11.7. The summed E-state index contributed by atoms with van der Waals surface area (Å²) in [7, 11) is 0. The van der Waals surface area contributed by atoms with Gasteiger partial charge < -0.3 is 4.74 Å². The van der Waals surface area contributed by atoms with Crippen molar-refractivity contribution in [3.05, 3.63) is 69.7 Å². The minimum atomic E-state index is -4.62. The average molecular weight is 511 g/mol. The number of amides is 2. The van der Waals surface area contributed by atoms with E-state index < -0.39 is 29.5 Å². The van der Waals surface area contributed by atoms with Gasteiger partial charge in [0, 0.05) is 6.20 Å². The zero-order valence-electron chi connectivity index (χ0n) is 16.1. The topological polar surface area (TPSA) is 75.3 Å². The van der Waals surface area contributed by atoms with Gasteiger partial charge in [-0.05, 0) is 35.2 Å². The van der Waals surface area contributed by atoms with E-state index >= 15 is 0 Å². The largest absolute Gasteiger partial charge is 0.486 e. The van der Waals surface area contributed by atoms with Crippen LogP contribution in [-0.2, 0) is 19.0 Å². The van der Waals surface area contributed by atoms with Crippen molar-refractivity contribution in [2.45, 2.75) is 19.0 Å². The molecule has 2 heterocycles. The molecule has 1 aromatic carbocycles. The zero-order chi connectivity index (χ0) is 24.2. The minimum absolute atomic E-state index is 0.180. The van der Waals surface area contributed by atoms with Crippen molar-refractivity contribution in [3.8, 4) is 5.75 Å². The maximum absolute atomic E-state index is 12.8. The number of aromatic nitrogens is 1. The summed E-state index contributed by atoms with van der Waals surface area (Å²) in [5.41, 5.74) is 2.86. The Hall–Kier alpha value is -3.19. The van der Waals surface area contributed by atoms with E-state index in [1.165, 1.54) is 18.2 Å². The second kappa shape index (κ2) is 9.75. The van der Waals surface area contributed by atoms with Crippen LogP contribution in [0.3, 0.4) is 0 Å². The van der Waals surface area contributed by atoms with Crippen LogP contribution in [0.25, 0.3) is 0 Å². The van der Waals surface area contributed by atoms with E-state index in [4.69, 9.17) is 16.3 Å². The SMILES string of the molecule is O=C(NNc1ncc(C(F)(F)F)cc1Cl)Nc1sccc1OCc1cccc(C(F)(F)F)c1. The fourth-order valence-corrected chi connectivity index (χ4v) is 3.37. The molecule has 2 aromatic heterocycles. The number of carbonyl (C=O) groups is 1. The van der Waals surface area contributed by atoms with Crippen molar-refractivity contribution in [1.29, 1.82) is 0 Å². The van der Waals surface area contributed by atoms with Crippen LogP contribution < -0.4 is 20.9 Å². The lowest BCUT2D eigenvalue weighted by atomic mass is 10.1. The monoisotopic (exact) mass is 510 g/mol. The number of rotatable bonds is 6. The number of urea groups is 1. The highest BCUT2D eigenvalue weighted by atomic mass is 35.5. The lowest BCUT2D eigenvalue weighted by Gasteiger charge is -2.13. The molecule has 176 valence electrons. The molecule has 3 N–H and O–H groups in total. The van der Waals surface area contributed by atoms with Crippen LogP contribution in [0.2, 0.25) is 5.02 Å². The first-order valence-corrected chi connectivity index (χ1v) is 10.1. The lowest BCUT2D eigenvalue weighted by molar-refractivity contribution is -0.138. The van der Waals surface area contributed by atoms with Gasteiger partial charge in [0.15, 0.2) is 11.6 Å². The third-order valence-electron chi connectivity index (χ3n) is 3.97. The predicted molar refractivity (Wildman–Crippen MR) is 110 cm³/mol. The Morgan fingerprint density at radius 3 is 2.45 bits per heavy atom. The van der Waals surface area contributed by atoms with Crippen LogP contribution in [0, 0.1) is 0 Å². The van der Waals surface area contributed by atoms with Crippen LogP contribution in [0.5, 0.6) is 5.75 Å². The summed E-state index contributed by atoms with van der Waals surface area (Å²) in [6.07, 6.45) is -8.56. The highest BCUT2D eigenvalue weighted by Gasteiger charge is 2.32. The highest BCUT2D eigenvalue weighted by molar-refractivity contribution is 7.14. The molecule has 0 radical (unpaired) electrons. The molecule has 0 atom stereocenters. The molecule has 0 spiro atoms. The van der Waals surface area contributed by atoms with Crippen molar-refractivity contribution >= 4 is 39.8 Å². The van der Waals surface area contributed by atoms with Crippen molar-refractivity contribution < 1.29 is 35.9 Å². The highest BCUT2D eigenvalue weighted by Crippen LogP contribution is 2.34. The van der Waals surface area contributed by atoms with E-state index in [1.807, 2.05) is 0 Å². The predicted octanol–water partition coefficient (Wildman–Crippen LogP) is 6.56. The molecule has 14 heteroatoms. The molecular weight excluding hydrogens is 498 g/mol. The number of hydrogen-bond acceptors (Lipinski definition) is 5. The smallest absolute Gasteiger partial charge is 0.417 e. The van der Waals surface area contributed by atoms with E-state index in [0.717, 1.165) is 23.5 Å². The molecule has 0 unspecified atom stereocenters. The quantitative estimate of drug-likeness (QED) is 0.259. The number of hydrogen-bond donors (Lipinski definition) is 3. The first-order valence-electron chi connectivity index (χ1n) is 8.85. The summed E-state index contributed by atoms with van der Waals surface area (Å²) < 4.78 is 81.9. The number of ether oxygens (including phenoxy) is 1. The number of pyridine rings is 1. The molecule has 0 aliphatic carbocycles. The number of halogens is 7. The van der Waals surface area contributed by atoms with Gasteiger partial charge in [0.1, 0.15) is 11.6 Å². The van der Waals surface area contributed by atoms with Crippen molar-refractivity contribution in [2.24, 2.45) is 0 Å². The van der Waals surface area contributed by atoms with Crippen LogP contribution in [0.4, 0.5) is 42.0 Å². The molecule has 0 saturated carbocycles. The van der Waals surface area contributed by atoms with Crippen LogP contribution in [-0.4, -0.2) is 11.0 Å². The first-order chi connectivity index (χ1) is 15.4. The van der Waals surface area contributed by atoms with E-state index in [0.29, 0.717) is 12.3 Å². The van der Waals surface area contributed by atoms with E-state index in [-0.39, 0.29) is 33.8 Å². The van der Waals surface area contributed by atoms with Crippen molar-refractivity contribution in [3.63, 3.8) is 0 Å². The number of nitrogens with one attached hydrogen (secondary N) is 3. The Kier molecular flexibility index (Phi) is 7.22. The van der Waals surface area contributed by atoms with Gasteiger partial charge >= 0.3 is 18.4 Å². The molecule has 0 fully saturated rings. The first kappa shape index (κ1) is 24.5. The van der Waals surface area contributed by atoms with E-state index in [1.54, 1.807) is 5.38 Å². The van der Waals surface area contributed by atoms with Crippen molar-refractivity contribution in [1.82, 2.24) is 10.4 Å². The number of carbonyl (C=O) groups excluding carboxylic acids is 1. The standard InChI is InChI=1S/C19H13ClF6N4O2S/c20-13-7-12(19(24,25)26)8-27-15(13)29-30-17(31)28-16-14(4-5-33-16)32-9-10-2-1-3-11(6-10)18(21,22)23/h1-8H,9H2,(H,27,29)(H2,28,30,31). The van der Waals surface area contributed by atoms with E-state index in [9.17, 15) is 31.1 Å². The van der Waals surface area contributed by atoms with Gasteiger partial charge in [0.05, 0.1) is 16.1 Å². The molecule has 6 nitrogen and oxygen atoms in total. The summed E-state index contributed by atoms with van der Waals surface area (Å²) in [6, 6.07) is 5.96. The second-order valence-electron chi connectivity index (χ2n) is 6.36. The van der Waals surface area contributed by atoms with Gasteiger partial charge in [-0.15, -0.1) is 11.3 Å². The van der Waals surface area contributed by atoms with Crippen LogP contribution in [0.15, 0.2) is 48.0 Å². The summed E-state index contributed by atoms with van der Waals surface area (Å²) in [5.74, 6) is -0.00901. The van der Waals surface area contributed by atoms with Gasteiger partial charge in [-0.1, -0.05) is 23.7 Å². The Morgan fingerprint density at radius 1 is 1.06 bits per heavy atom. The van der Waals surface area contributed by atoms with E-state index in [2.05, 4.69) is 21.2 Å². The summed E-state index contributed by atoms with van der Waals surface area (Å²) in [5, 5.41) is 3.89. The minimum Gasteiger partial charge on any atom is -0.486 e. The van der Waals surface area contributed by atoms with Gasteiger partial charge in [0.2, 0.25) is 0 Å². The third-order valence-corrected chi connectivity index (χ3v) is 5.07. The number of nitrogens with zero attached hydrogens (tertiary/aromatic N) is 1. The van der Waals surface area contributed by atoms with Gasteiger partial charge in [-0.2, -0.15) is 26.3 Å². The van der Waals surface area contributed by atoms with Crippen LogP contribution >= 0.6 is 22.9 Å². The number of hydrazine groups is 1. The molecular formula is C19H13ClF6N4O2S. The Labute approximate surface area is 191 Å². The molecule has 0 bridgehead atoms. The molecule has 33 heavy (non-hydrogen) atoms. The van der Waals surface area contributed by atoms with Gasteiger partial charge in [-0.25, -0.2) is 15.2 Å². The molecule has 0 aliphatic rings. The number of benzene rings is 1. The molecule has 0 aliphatic heterocycles. The maximum atomic E-state index is 12.8. The van der Waals surface area contributed by atoms with Gasteiger partial charge in [0.25, 0.3) is 0 Å². The fourth-order valence-electron chi connectivity index (χ4n) is 2.44. The van der Waals surface area contributed by atoms with Crippen LogP contribution in [0.1, 0.15) is 16.7 Å². The Balaban J connectivity index is 1.57. The summed E-state index contributed by atoms with van der Waals surface area (Å²) >= 11 is 6.82. The Morgan fingerprint density at radius 2 is 1.79 bits per heavy atom. The molecule has 3 rings (SSSR count). The number of thiophene rings is 1. The second-order valence-corrected chi connectivity index (χ2v) is 7.68. The zero-order valence-corrected chi connectivity index (χ0v) is 17.7. The molecule has 0 saturated heterocycles. The van der Waals surface area contributed by atoms with Crippen molar-refractivity contribution in [2.75, 3.05) is 10.7 Å². The number of anilines is 2. The summed E-state index contributed by atoms with van der Waals surface area (Å²) in [6.45, 7) is -0.180. The maximum Gasteiger partial charge on any atom is 0.417 e. The molecule has 3 aromatic rings. The lowest BCUT2D eigenvalue weighted by Crippen LogP contribution is -2.34. The fraction of sp³-hybridized carbons (Fsp3) is 0.158. The molecule has 2 amide bonds. The third kappa shape index (κ3) is 6.65.